The zero-order valence-corrected chi connectivity index (χ0v) is 9.36. The smallest absolute Gasteiger partial charge is 0.370 e. The van der Waals surface area contributed by atoms with Gasteiger partial charge in [0.2, 0.25) is 0 Å². The Morgan fingerprint density at radius 3 is 2.69 bits per heavy atom. The van der Waals surface area contributed by atoms with Gasteiger partial charge in [0, 0.05) is 17.1 Å². The molecule has 0 aliphatic carbocycles. The lowest BCUT2D eigenvalue weighted by Gasteiger charge is -2.07. The Bertz CT molecular complexity index is 638. The van der Waals surface area contributed by atoms with Crippen molar-refractivity contribution in [3.63, 3.8) is 0 Å². The molecule has 6 heteroatoms. The van der Waals surface area contributed by atoms with E-state index in [0.29, 0.717) is 16.6 Å². The third-order valence-electron chi connectivity index (χ3n) is 2.01. The highest BCUT2D eigenvalue weighted by molar-refractivity contribution is 7.84. The van der Waals surface area contributed by atoms with E-state index in [1.54, 1.807) is 25.1 Å². The lowest BCUT2D eigenvalue weighted by molar-refractivity contribution is 0.490. The van der Waals surface area contributed by atoms with Gasteiger partial charge in [-0.05, 0) is 19.1 Å². The predicted molar refractivity (Wildman–Crippen MR) is 60.2 cm³/mol. The number of hydrogen-bond acceptors (Lipinski definition) is 4. The van der Waals surface area contributed by atoms with Crippen LogP contribution in [-0.2, 0) is 10.3 Å². The van der Waals surface area contributed by atoms with E-state index in [0.717, 1.165) is 0 Å². The van der Waals surface area contributed by atoms with Gasteiger partial charge in [-0.15, -0.1) is 0 Å². The fraction of sp³-hybridized carbons (Fsp3) is 0.100. The summed E-state index contributed by atoms with van der Waals surface area (Å²) in [5, 5.41) is 5.45. The first-order valence-corrected chi connectivity index (χ1v) is 6.01. The minimum absolute atomic E-state index is 0.200. The molecular weight excluding hydrogens is 228 g/mol. The second kappa shape index (κ2) is 3.73. The SMILES string of the molecule is Cc1cc(OS(N)(=O)=O)c2ccccc2n1. The first kappa shape index (κ1) is 10.8. The number of rotatable bonds is 2. The minimum atomic E-state index is -4.01. The van der Waals surface area contributed by atoms with Crippen molar-refractivity contribution in [1.29, 1.82) is 0 Å². The largest absolute Gasteiger partial charge is 0.380 e. The van der Waals surface area contributed by atoms with E-state index in [1.807, 2.05) is 6.07 Å². The molecule has 0 bridgehead atoms. The van der Waals surface area contributed by atoms with Gasteiger partial charge in [0.15, 0.2) is 5.75 Å². The maximum absolute atomic E-state index is 10.9. The molecule has 1 aromatic carbocycles. The molecule has 2 N–H and O–H groups in total. The molecule has 0 radical (unpaired) electrons. The molecule has 2 aromatic rings. The van der Waals surface area contributed by atoms with Crippen molar-refractivity contribution in [2.45, 2.75) is 6.92 Å². The first-order chi connectivity index (χ1) is 7.46. The fourth-order valence-corrected chi connectivity index (χ4v) is 1.85. The van der Waals surface area contributed by atoms with Crippen molar-refractivity contribution in [2.75, 3.05) is 0 Å². The van der Waals surface area contributed by atoms with Crippen LogP contribution in [-0.4, -0.2) is 13.4 Å². The van der Waals surface area contributed by atoms with E-state index in [2.05, 4.69) is 4.98 Å². The number of fused-ring (bicyclic) bond motifs is 1. The van der Waals surface area contributed by atoms with Gasteiger partial charge in [-0.3, -0.25) is 4.98 Å². The lowest BCUT2D eigenvalue weighted by atomic mass is 10.2. The standard InChI is InChI=1S/C10H10N2O3S/c1-7-6-10(15-16(11,13)14)8-4-2-3-5-9(8)12-7/h2-6H,1H3,(H2,11,13,14). The van der Waals surface area contributed by atoms with Crippen LogP contribution in [0.25, 0.3) is 10.9 Å². The number of nitrogens with zero attached hydrogens (tertiary/aromatic N) is 1. The van der Waals surface area contributed by atoms with Crippen LogP contribution in [0.3, 0.4) is 0 Å². The van der Waals surface area contributed by atoms with E-state index < -0.39 is 10.3 Å². The summed E-state index contributed by atoms with van der Waals surface area (Å²) >= 11 is 0. The molecule has 0 unspecified atom stereocenters. The summed E-state index contributed by atoms with van der Waals surface area (Å²) in [6.07, 6.45) is 0. The van der Waals surface area contributed by atoms with Crippen LogP contribution >= 0.6 is 0 Å². The number of para-hydroxylation sites is 1. The van der Waals surface area contributed by atoms with Crippen molar-refractivity contribution in [3.05, 3.63) is 36.0 Å². The normalized spacial score (nSPS) is 11.6. The highest BCUT2D eigenvalue weighted by atomic mass is 32.2. The molecule has 84 valence electrons. The highest BCUT2D eigenvalue weighted by Crippen LogP contribution is 2.25. The molecule has 0 amide bonds. The maximum atomic E-state index is 10.9. The van der Waals surface area contributed by atoms with Crippen LogP contribution in [0, 0.1) is 6.92 Å². The van der Waals surface area contributed by atoms with Gasteiger partial charge in [0.1, 0.15) is 0 Å². The quantitative estimate of drug-likeness (QED) is 0.850. The molecule has 0 fully saturated rings. The van der Waals surface area contributed by atoms with Crippen LogP contribution in [0.5, 0.6) is 5.75 Å². The van der Waals surface area contributed by atoms with E-state index in [4.69, 9.17) is 9.32 Å². The molecule has 0 aliphatic heterocycles. The number of aromatic nitrogens is 1. The summed E-state index contributed by atoms with van der Waals surface area (Å²) in [5.41, 5.74) is 1.33. The van der Waals surface area contributed by atoms with Crippen molar-refractivity contribution >= 4 is 21.2 Å². The van der Waals surface area contributed by atoms with Crippen molar-refractivity contribution in [3.8, 4) is 5.75 Å². The number of pyridine rings is 1. The van der Waals surface area contributed by atoms with Crippen molar-refractivity contribution in [2.24, 2.45) is 5.14 Å². The molecule has 0 saturated carbocycles. The van der Waals surface area contributed by atoms with E-state index in [1.165, 1.54) is 6.07 Å². The van der Waals surface area contributed by atoms with Gasteiger partial charge in [-0.1, -0.05) is 12.1 Å². The summed E-state index contributed by atoms with van der Waals surface area (Å²) < 4.78 is 26.5. The molecule has 0 spiro atoms. The molecule has 16 heavy (non-hydrogen) atoms. The Labute approximate surface area is 93.1 Å². The Balaban J connectivity index is 2.68. The summed E-state index contributed by atoms with van der Waals surface area (Å²) in [4.78, 5) is 4.25. The molecule has 2 rings (SSSR count). The topological polar surface area (TPSA) is 82.3 Å². The summed E-state index contributed by atoms with van der Waals surface area (Å²) in [6.45, 7) is 1.75. The van der Waals surface area contributed by atoms with Crippen LogP contribution in [0.4, 0.5) is 0 Å². The Hall–Kier alpha value is -1.66. The highest BCUT2D eigenvalue weighted by Gasteiger charge is 2.10. The number of hydrogen-bond donors (Lipinski definition) is 1. The lowest BCUT2D eigenvalue weighted by Crippen LogP contribution is -2.19. The number of aryl methyl sites for hydroxylation is 1. The van der Waals surface area contributed by atoms with E-state index in [9.17, 15) is 8.42 Å². The third kappa shape index (κ3) is 2.29. The average molecular weight is 238 g/mol. The summed E-state index contributed by atoms with van der Waals surface area (Å²) in [5.74, 6) is 0.200. The predicted octanol–water partition coefficient (Wildman–Crippen LogP) is 1.13. The van der Waals surface area contributed by atoms with E-state index in [-0.39, 0.29) is 5.75 Å². The van der Waals surface area contributed by atoms with Gasteiger partial charge in [0.05, 0.1) is 5.52 Å². The second-order valence-electron chi connectivity index (χ2n) is 3.36. The maximum Gasteiger partial charge on any atom is 0.380 e. The Morgan fingerprint density at radius 1 is 1.31 bits per heavy atom. The zero-order valence-electron chi connectivity index (χ0n) is 8.54. The van der Waals surface area contributed by atoms with Crippen LogP contribution < -0.4 is 9.32 Å². The van der Waals surface area contributed by atoms with Crippen molar-refractivity contribution in [1.82, 2.24) is 4.98 Å². The third-order valence-corrected chi connectivity index (χ3v) is 2.42. The number of benzene rings is 1. The van der Waals surface area contributed by atoms with Gasteiger partial charge in [-0.25, -0.2) is 0 Å². The van der Waals surface area contributed by atoms with Gasteiger partial charge in [0.25, 0.3) is 0 Å². The van der Waals surface area contributed by atoms with Crippen LogP contribution in [0.15, 0.2) is 30.3 Å². The molecule has 0 atom stereocenters. The Morgan fingerprint density at radius 2 is 2.00 bits per heavy atom. The minimum Gasteiger partial charge on any atom is -0.370 e. The monoisotopic (exact) mass is 238 g/mol. The average Bonchev–Trinajstić information content (AvgIpc) is 2.14. The first-order valence-electron chi connectivity index (χ1n) is 4.54. The van der Waals surface area contributed by atoms with Gasteiger partial charge < -0.3 is 4.18 Å². The second-order valence-corrected chi connectivity index (χ2v) is 4.51. The summed E-state index contributed by atoms with van der Waals surface area (Å²) in [6, 6.07) is 8.62. The van der Waals surface area contributed by atoms with Gasteiger partial charge >= 0.3 is 10.3 Å². The zero-order chi connectivity index (χ0) is 11.8. The fourth-order valence-electron chi connectivity index (χ4n) is 1.46. The summed E-state index contributed by atoms with van der Waals surface area (Å²) in [7, 11) is -4.01. The molecule has 5 nitrogen and oxygen atoms in total. The van der Waals surface area contributed by atoms with Crippen LogP contribution in [0.1, 0.15) is 5.69 Å². The van der Waals surface area contributed by atoms with Crippen molar-refractivity contribution < 1.29 is 12.6 Å². The van der Waals surface area contributed by atoms with E-state index >= 15 is 0 Å². The molecule has 0 aliphatic rings. The molecule has 1 aromatic heterocycles. The van der Waals surface area contributed by atoms with Gasteiger partial charge in [-0.2, -0.15) is 13.6 Å². The number of nitrogens with two attached hydrogens (primary N) is 1. The molecule has 0 saturated heterocycles. The van der Waals surface area contributed by atoms with Crippen LogP contribution in [0.2, 0.25) is 0 Å². The molecular formula is C10H10N2O3S. The Kier molecular flexibility index (Phi) is 2.53. The molecule has 1 heterocycles.